The minimum absolute atomic E-state index is 0.751. The number of hydrogen-bond acceptors (Lipinski definition) is 1. The van der Waals surface area contributed by atoms with Crippen LogP contribution < -0.4 is 0 Å². The molecule has 4 aliphatic carbocycles. The molecule has 4 rings (SSSR count). The van der Waals surface area contributed by atoms with Crippen molar-refractivity contribution in [1.29, 1.82) is 5.41 Å². The van der Waals surface area contributed by atoms with Gasteiger partial charge in [0.1, 0.15) is 0 Å². The van der Waals surface area contributed by atoms with Crippen LogP contribution in [-0.4, -0.2) is 5.71 Å². The van der Waals surface area contributed by atoms with Gasteiger partial charge < -0.3 is 5.41 Å². The van der Waals surface area contributed by atoms with Gasteiger partial charge in [-0.2, -0.15) is 0 Å². The zero-order valence-electron chi connectivity index (χ0n) is 8.00. The highest BCUT2D eigenvalue weighted by molar-refractivity contribution is 5.87. The first kappa shape index (κ1) is 7.03. The molecule has 0 aliphatic heterocycles. The number of fused-ring (bicyclic) bond motifs is 1. The fraction of sp³-hybridized carbons (Fsp3) is 0.917. The second-order valence-corrected chi connectivity index (χ2v) is 5.73. The van der Waals surface area contributed by atoms with E-state index in [1.54, 1.807) is 0 Å². The zero-order chi connectivity index (χ0) is 8.58. The number of rotatable bonds is 0. The van der Waals surface area contributed by atoms with Crippen LogP contribution in [0.1, 0.15) is 32.1 Å². The maximum absolute atomic E-state index is 8.01. The van der Waals surface area contributed by atoms with Crippen molar-refractivity contribution in [2.75, 3.05) is 0 Å². The molecule has 6 atom stereocenters. The molecule has 1 N–H and O–H groups in total. The molecular weight excluding hydrogens is 158 g/mol. The Labute approximate surface area is 79.4 Å². The lowest BCUT2D eigenvalue weighted by Gasteiger charge is -2.52. The van der Waals surface area contributed by atoms with Crippen molar-refractivity contribution in [3.05, 3.63) is 0 Å². The summed E-state index contributed by atoms with van der Waals surface area (Å²) in [5.74, 6) is 5.98. The van der Waals surface area contributed by atoms with Gasteiger partial charge in [-0.1, -0.05) is 0 Å². The molecule has 0 saturated heterocycles. The summed E-state index contributed by atoms with van der Waals surface area (Å²) in [5.41, 5.74) is 1.13. The minimum atomic E-state index is 0.751. The van der Waals surface area contributed by atoms with Gasteiger partial charge in [-0.25, -0.2) is 0 Å². The third-order valence-electron chi connectivity index (χ3n) is 5.61. The van der Waals surface area contributed by atoms with Gasteiger partial charge in [0.15, 0.2) is 0 Å². The van der Waals surface area contributed by atoms with E-state index in [9.17, 15) is 0 Å². The van der Waals surface area contributed by atoms with E-state index in [0.29, 0.717) is 0 Å². The summed E-state index contributed by atoms with van der Waals surface area (Å²) in [6.45, 7) is 0. The second-order valence-electron chi connectivity index (χ2n) is 5.73. The Morgan fingerprint density at radius 2 is 1.77 bits per heavy atom. The lowest BCUT2D eigenvalue weighted by atomic mass is 9.52. The normalized spacial score (nSPS) is 62.0. The smallest absolute Gasteiger partial charge is 0.0126 e. The summed E-state index contributed by atoms with van der Waals surface area (Å²) in [6, 6.07) is 0. The van der Waals surface area contributed by atoms with Crippen LogP contribution in [0.2, 0.25) is 0 Å². The lowest BCUT2D eigenvalue weighted by Crippen LogP contribution is -2.48. The third kappa shape index (κ3) is 0.628. The van der Waals surface area contributed by atoms with Crippen molar-refractivity contribution >= 4 is 5.71 Å². The fourth-order valence-corrected chi connectivity index (χ4v) is 5.25. The lowest BCUT2D eigenvalue weighted by molar-refractivity contribution is -0.0456. The molecule has 6 unspecified atom stereocenters. The topological polar surface area (TPSA) is 23.9 Å². The number of hydrogen-bond donors (Lipinski definition) is 1. The molecule has 0 radical (unpaired) electrons. The summed E-state index contributed by atoms with van der Waals surface area (Å²) in [6.07, 6.45) is 7.05. The minimum Gasteiger partial charge on any atom is -0.309 e. The van der Waals surface area contributed by atoms with Crippen LogP contribution in [0.3, 0.4) is 0 Å². The molecule has 4 fully saturated rings. The molecule has 70 valence electrons. The van der Waals surface area contributed by atoms with Gasteiger partial charge in [0.25, 0.3) is 0 Å². The summed E-state index contributed by atoms with van der Waals surface area (Å²) in [4.78, 5) is 0. The van der Waals surface area contributed by atoms with Gasteiger partial charge >= 0.3 is 0 Å². The van der Waals surface area contributed by atoms with E-state index >= 15 is 0 Å². The van der Waals surface area contributed by atoms with Crippen molar-refractivity contribution in [1.82, 2.24) is 0 Å². The van der Waals surface area contributed by atoms with Gasteiger partial charge in [-0.05, 0) is 67.6 Å². The Hall–Kier alpha value is -0.330. The third-order valence-corrected chi connectivity index (χ3v) is 5.61. The Kier molecular flexibility index (Phi) is 1.09. The van der Waals surface area contributed by atoms with Crippen molar-refractivity contribution in [3.8, 4) is 0 Å². The molecule has 4 aliphatic rings. The predicted octanol–water partition coefficient (Wildman–Crippen LogP) is 2.71. The van der Waals surface area contributed by atoms with E-state index in [-0.39, 0.29) is 0 Å². The standard InChI is InChI=1S/C12H17N/c13-10-5-9-7-3-1-6-2-4-8(10)12(9)11(6)7/h6-9,11-13H,1-5H2. The molecule has 0 amide bonds. The van der Waals surface area contributed by atoms with Crippen LogP contribution in [-0.2, 0) is 0 Å². The summed E-state index contributed by atoms with van der Waals surface area (Å²) in [5, 5.41) is 8.01. The van der Waals surface area contributed by atoms with Crippen LogP contribution >= 0.6 is 0 Å². The molecule has 0 aromatic heterocycles. The quantitative estimate of drug-likeness (QED) is 0.585. The Morgan fingerprint density at radius 3 is 2.69 bits per heavy atom. The van der Waals surface area contributed by atoms with Crippen LogP contribution in [0, 0.1) is 40.9 Å². The van der Waals surface area contributed by atoms with Crippen molar-refractivity contribution in [2.24, 2.45) is 35.5 Å². The van der Waals surface area contributed by atoms with Crippen LogP contribution in [0.15, 0.2) is 0 Å². The van der Waals surface area contributed by atoms with Crippen molar-refractivity contribution in [3.63, 3.8) is 0 Å². The summed E-state index contributed by atoms with van der Waals surface area (Å²) >= 11 is 0. The SMILES string of the molecule is N=C1CC2C3CCC4CCC1C2C43. The molecule has 0 bridgehead atoms. The molecule has 13 heavy (non-hydrogen) atoms. The highest BCUT2D eigenvalue weighted by Gasteiger charge is 2.63. The molecular formula is C12H17N. The van der Waals surface area contributed by atoms with E-state index in [4.69, 9.17) is 5.41 Å². The van der Waals surface area contributed by atoms with Gasteiger partial charge in [0.05, 0.1) is 0 Å². The number of nitrogens with one attached hydrogen (secondary N) is 1. The Bertz CT molecular complexity index is 283. The van der Waals surface area contributed by atoms with Crippen LogP contribution in [0.5, 0.6) is 0 Å². The van der Waals surface area contributed by atoms with Crippen LogP contribution in [0.4, 0.5) is 0 Å². The molecule has 1 nitrogen and oxygen atoms in total. The maximum atomic E-state index is 8.01. The first-order chi connectivity index (χ1) is 6.36. The highest BCUT2D eigenvalue weighted by atomic mass is 14.7. The van der Waals surface area contributed by atoms with Crippen molar-refractivity contribution < 1.29 is 0 Å². The molecule has 1 heteroatoms. The second kappa shape index (κ2) is 2.02. The Balaban J connectivity index is 1.78. The fourth-order valence-electron chi connectivity index (χ4n) is 5.25. The van der Waals surface area contributed by atoms with E-state index in [1.165, 1.54) is 32.1 Å². The average Bonchev–Trinajstić information content (AvgIpc) is 2.64. The first-order valence-electron chi connectivity index (χ1n) is 5.93. The molecule has 0 spiro atoms. The summed E-state index contributed by atoms with van der Waals surface area (Å²) < 4.78 is 0. The largest absolute Gasteiger partial charge is 0.309 e. The van der Waals surface area contributed by atoms with Gasteiger partial charge in [0, 0.05) is 5.71 Å². The molecule has 0 heterocycles. The predicted molar refractivity (Wildman–Crippen MR) is 51.8 cm³/mol. The Morgan fingerprint density at radius 1 is 0.923 bits per heavy atom. The van der Waals surface area contributed by atoms with Gasteiger partial charge in [0.2, 0.25) is 0 Å². The summed E-state index contributed by atoms with van der Waals surface area (Å²) in [7, 11) is 0. The van der Waals surface area contributed by atoms with Gasteiger partial charge in [-0.15, -0.1) is 0 Å². The molecule has 4 saturated carbocycles. The van der Waals surface area contributed by atoms with E-state index in [1.807, 2.05) is 0 Å². The van der Waals surface area contributed by atoms with Gasteiger partial charge in [-0.3, -0.25) is 0 Å². The van der Waals surface area contributed by atoms with E-state index in [0.717, 1.165) is 41.2 Å². The van der Waals surface area contributed by atoms with Crippen LogP contribution in [0.25, 0.3) is 0 Å². The first-order valence-corrected chi connectivity index (χ1v) is 5.93. The zero-order valence-corrected chi connectivity index (χ0v) is 8.00. The maximum Gasteiger partial charge on any atom is 0.0126 e. The molecule has 0 aromatic rings. The van der Waals surface area contributed by atoms with Crippen molar-refractivity contribution in [2.45, 2.75) is 32.1 Å². The molecule has 0 aromatic carbocycles. The highest BCUT2D eigenvalue weighted by Crippen LogP contribution is 2.68. The van der Waals surface area contributed by atoms with E-state index < -0.39 is 0 Å². The average molecular weight is 175 g/mol. The monoisotopic (exact) mass is 175 g/mol. The van der Waals surface area contributed by atoms with E-state index in [2.05, 4.69) is 0 Å².